The van der Waals surface area contributed by atoms with Crippen LogP contribution in [-0.4, -0.2) is 60.1 Å². The lowest BCUT2D eigenvalue weighted by Crippen LogP contribution is -2.45. The molecule has 0 atom stereocenters. The zero-order chi connectivity index (χ0) is 16.3. The van der Waals surface area contributed by atoms with Gasteiger partial charge in [-0.25, -0.2) is 0 Å². The number of carbonyl (C=O) groups excluding carboxylic acids is 2. The molecule has 1 aromatic heterocycles. The second kappa shape index (κ2) is 6.64. The van der Waals surface area contributed by atoms with Gasteiger partial charge in [-0.15, -0.1) is 0 Å². The van der Waals surface area contributed by atoms with Gasteiger partial charge in [0.05, 0.1) is 18.2 Å². The predicted molar refractivity (Wildman–Crippen MR) is 84.3 cm³/mol. The molecule has 1 spiro atoms. The third kappa shape index (κ3) is 3.20. The van der Waals surface area contributed by atoms with Crippen molar-refractivity contribution in [1.29, 1.82) is 0 Å². The van der Waals surface area contributed by atoms with Crippen LogP contribution < -0.4 is 5.32 Å². The average Bonchev–Trinajstić information content (AvgIpc) is 2.80. The van der Waals surface area contributed by atoms with Gasteiger partial charge in [0.2, 0.25) is 0 Å². The summed E-state index contributed by atoms with van der Waals surface area (Å²) < 4.78 is 0. The van der Waals surface area contributed by atoms with Gasteiger partial charge in [-0.3, -0.25) is 19.4 Å². The molecule has 3 rings (SSSR count). The van der Waals surface area contributed by atoms with Gasteiger partial charge in [-0.1, -0.05) is 0 Å². The number of amides is 2. The highest BCUT2D eigenvalue weighted by molar-refractivity contribution is 6.04. The molecule has 1 N–H and O–H groups in total. The number of carbonyl (C=O) groups is 2. The second-order valence-corrected chi connectivity index (χ2v) is 6.14. The number of hydrogen-bond donors (Lipinski definition) is 1. The van der Waals surface area contributed by atoms with Gasteiger partial charge in [0.1, 0.15) is 0 Å². The van der Waals surface area contributed by atoms with Crippen LogP contribution in [0.15, 0.2) is 24.5 Å². The molecule has 0 bridgehead atoms. The smallest absolute Gasteiger partial charge is 0.260 e. The van der Waals surface area contributed by atoms with Crippen LogP contribution in [0.25, 0.3) is 0 Å². The maximum absolute atomic E-state index is 12.4. The van der Waals surface area contributed by atoms with Crippen LogP contribution in [0.5, 0.6) is 0 Å². The number of aromatic nitrogens is 1. The van der Waals surface area contributed by atoms with E-state index in [9.17, 15) is 9.59 Å². The Bertz CT molecular complexity index is 570. The molecule has 0 radical (unpaired) electrons. The Hall–Kier alpha value is -1.99. The minimum atomic E-state index is -0.541. The first-order valence-corrected chi connectivity index (χ1v) is 7.92. The van der Waals surface area contributed by atoms with Crippen LogP contribution >= 0.6 is 0 Å². The molecule has 0 aromatic carbocycles. The highest BCUT2D eigenvalue weighted by atomic mass is 16.7. The van der Waals surface area contributed by atoms with Crippen LogP contribution in [0.1, 0.15) is 19.3 Å². The standard InChI is InChI=1S/C16H22N4O3/c1-23-20-14(21)11-16(15(20)22)4-8-19(9-5-16)10-7-18-13-3-2-6-17-12-13/h2-3,6,12,18H,4-5,7-11H2,1H3. The molecular weight excluding hydrogens is 296 g/mol. The largest absolute Gasteiger partial charge is 0.383 e. The number of nitrogens with zero attached hydrogens (tertiary/aromatic N) is 3. The van der Waals surface area contributed by atoms with E-state index >= 15 is 0 Å². The first-order valence-electron chi connectivity index (χ1n) is 7.92. The van der Waals surface area contributed by atoms with Crippen molar-refractivity contribution in [3.05, 3.63) is 24.5 Å². The van der Waals surface area contributed by atoms with Crippen molar-refractivity contribution in [2.75, 3.05) is 38.6 Å². The van der Waals surface area contributed by atoms with E-state index in [1.54, 1.807) is 12.4 Å². The number of nitrogens with one attached hydrogen (secondary N) is 1. The van der Waals surface area contributed by atoms with E-state index in [1.165, 1.54) is 7.11 Å². The number of hydroxylamine groups is 2. The molecule has 0 aliphatic carbocycles. The number of imide groups is 1. The number of rotatable bonds is 5. The molecule has 2 saturated heterocycles. The van der Waals surface area contributed by atoms with E-state index in [1.807, 2.05) is 12.1 Å². The third-order valence-electron chi connectivity index (χ3n) is 4.77. The van der Waals surface area contributed by atoms with Crippen molar-refractivity contribution in [1.82, 2.24) is 14.9 Å². The summed E-state index contributed by atoms with van der Waals surface area (Å²) in [6, 6.07) is 3.89. The number of pyridine rings is 1. The monoisotopic (exact) mass is 318 g/mol. The highest BCUT2D eigenvalue weighted by Crippen LogP contribution is 2.42. The normalized spacial score (nSPS) is 21.2. The van der Waals surface area contributed by atoms with E-state index in [0.29, 0.717) is 12.8 Å². The molecule has 0 unspecified atom stereocenters. The van der Waals surface area contributed by atoms with Gasteiger partial charge in [0, 0.05) is 31.9 Å². The molecule has 7 nitrogen and oxygen atoms in total. The topological polar surface area (TPSA) is 74.8 Å². The molecule has 23 heavy (non-hydrogen) atoms. The lowest BCUT2D eigenvalue weighted by atomic mass is 9.77. The second-order valence-electron chi connectivity index (χ2n) is 6.14. The summed E-state index contributed by atoms with van der Waals surface area (Å²) in [5, 5.41) is 4.26. The molecule has 3 heterocycles. The highest BCUT2D eigenvalue weighted by Gasteiger charge is 2.53. The van der Waals surface area contributed by atoms with Gasteiger partial charge in [-0.05, 0) is 38.1 Å². The summed E-state index contributed by atoms with van der Waals surface area (Å²) in [7, 11) is 1.37. The average molecular weight is 318 g/mol. The van der Waals surface area contributed by atoms with Gasteiger partial charge in [-0.2, -0.15) is 5.06 Å². The number of hydrogen-bond acceptors (Lipinski definition) is 6. The summed E-state index contributed by atoms with van der Waals surface area (Å²) in [6.07, 6.45) is 5.25. The molecule has 2 aliphatic heterocycles. The Labute approximate surface area is 135 Å². The van der Waals surface area contributed by atoms with Crippen molar-refractivity contribution in [3.63, 3.8) is 0 Å². The van der Waals surface area contributed by atoms with E-state index < -0.39 is 5.41 Å². The van der Waals surface area contributed by atoms with Crippen LogP contribution in [0.3, 0.4) is 0 Å². The lowest BCUT2D eigenvalue weighted by molar-refractivity contribution is -0.183. The summed E-state index contributed by atoms with van der Waals surface area (Å²) in [5.74, 6) is -0.387. The lowest BCUT2D eigenvalue weighted by Gasteiger charge is -2.37. The van der Waals surface area contributed by atoms with Crippen molar-refractivity contribution in [2.45, 2.75) is 19.3 Å². The Morgan fingerprint density at radius 1 is 1.35 bits per heavy atom. The molecule has 1 aromatic rings. The Kier molecular flexibility index (Phi) is 4.58. The van der Waals surface area contributed by atoms with E-state index in [2.05, 4.69) is 15.2 Å². The number of likely N-dealkylation sites (tertiary alicyclic amines) is 1. The maximum Gasteiger partial charge on any atom is 0.260 e. The summed E-state index contributed by atoms with van der Waals surface area (Å²) in [4.78, 5) is 35.5. The molecule has 0 saturated carbocycles. The third-order valence-corrected chi connectivity index (χ3v) is 4.77. The van der Waals surface area contributed by atoms with Gasteiger partial charge in [0.15, 0.2) is 0 Å². The van der Waals surface area contributed by atoms with E-state index in [0.717, 1.165) is 36.9 Å². The van der Waals surface area contributed by atoms with Gasteiger partial charge < -0.3 is 10.2 Å². The van der Waals surface area contributed by atoms with Crippen molar-refractivity contribution >= 4 is 17.5 Å². The Morgan fingerprint density at radius 3 is 2.74 bits per heavy atom. The van der Waals surface area contributed by atoms with Crippen LogP contribution in [0.2, 0.25) is 0 Å². The van der Waals surface area contributed by atoms with Crippen LogP contribution in [0, 0.1) is 5.41 Å². The molecule has 124 valence electrons. The molecule has 2 aliphatic rings. The minimum absolute atomic E-state index is 0.168. The van der Waals surface area contributed by atoms with E-state index in [4.69, 9.17) is 4.84 Å². The first kappa shape index (κ1) is 15.9. The fourth-order valence-electron chi connectivity index (χ4n) is 3.37. The molecular formula is C16H22N4O3. The van der Waals surface area contributed by atoms with Crippen molar-refractivity contribution < 1.29 is 14.4 Å². The maximum atomic E-state index is 12.4. The quantitative estimate of drug-likeness (QED) is 0.813. The minimum Gasteiger partial charge on any atom is -0.383 e. The van der Waals surface area contributed by atoms with Gasteiger partial charge in [0.25, 0.3) is 11.8 Å². The molecule has 2 amide bonds. The fraction of sp³-hybridized carbons (Fsp3) is 0.562. The van der Waals surface area contributed by atoms with Crippen molar-refractivity contribution in [2.24, 2.45) is 5.41 Å². The summed E-state index contributed by atoms with van der Waals surface area (Å²) >= 11 is 0. The SMILES string of the molecule is CON1C(=O)CC2(CCN(CCNc3cccnc3)CC2)C1=O. The molecule has 7 heteroatoms. The molecule has 2 fully saturated rings. The van der Waals surface area contributed by atoms with Crippen LogP contribution in [-0.2, 0) is 14.4 Å². The van der Waals surface area contributed by atoms with Gasteiger partial charge >= 0.3 is 0 Å². The number of anilines is 1. The van der Waals surface area contributed by atoms with Crippen molar-refractivity contribution in [3.8, 4) is 0 Å². The Morgan fingerprint density at radius 2 is 2.13 bits per heavy atom. The summed E-state index contributed by atoms with van der Waals surface area (Å²) in [6.45, 7) is 3.38. The fourth-order valence-corrected chi connectivity index (χ4v) is 3.37. The van der Waals surface area contributed by atoms with Crippen LogP contribution in [0.4, 0.5) is 5.69 Å². The summed E-state index contributed by atoms with van der Waals surface area (Å²) in [5.41, 5.74) is 0.466. The first-order chi connectivity index (χ1) is 11.1. The zero-order valence-corrected chi connectivity index (χ0v) is 13.3. The number of piperidine rings is 1. The van der Waals surface area contributed by atoms with E-state index in [-0.39, 0.29) is 18.2 Å². The predicted octanol–water partition coefficient (Wildman–Crippen LogP) is 0.896. The Balaban J connectivity index is 1.47. The zero-order valence-electron chi connectivity index (χ0n) is 13.3.